The van der Waals surface area contributed by atoms with Gasteiger partial charge in [0.25, 0.3) is 0 Å². The van der Waals surface area contributed by atoms with E-state index in [0.29, 0.717) is 19.5 Å². The van der Waals surface area contributed by atoms with Crippen LogP contribution in [-0.2, 0) is 21.4 Å². The van der Waals surface area contributed by atoms with Gasteiger partial charge in [0.15, 0.2) is 0 Å². The summed E-state index contributed by atoms with van der Waals surface area (Å²) < 4.78 is 26.7. The van der Waals surface area contributed by atoms with E-state index >= 15 is 0 Å². The van der Waals surface area contributed by atoms with Gasteiger partial charge < -0.3 is 10.6 Å². The summed E-state index contributed by atoms with van der Waals surface area (Å²) in [5.74, 6) is -0.192. The van der Waals surface area contributed by atoms with Crippen molar-refractivity contribution in [2.45, 2.75) is 23.9 Å². The highest BCUT2D eigenvalue weighted by Crippen LogP contribution is 2.15. The number of rotatable bonds is 4. The van der Waals surface area contributed by atoms with Gasteiger partial charge in [-0.15, -0.1) is 0 Å². The first kappa shape index (κ1) is 14.0. The van der Waals surface area contributed by atoms with Gasteiger partial charge in [0.1, 0.15) is 6.04 Å². The number of nitrogens with two attached hydrogens (primary N) is 1. The standard InChI is InChI=1S/C12H17N3O3S/c1-15-7-6-11(12(15)16)14-19(17,18)10-4-2-9(8-13)3-5-10/h2-5,11,14H,6-8,13H2,1H3. The molecule has 0 spiro atoms. The summed E-state index contributed by atoms with van der Waals surface area (Å²) >= 11 is 0. The Hall–Kier alpha value is -1.44. The predicted octanol–water partition coefficient (Wildman–Crippen LogP) is -0.346. The summed E-state index contributed by atoms with van der Waals surface area (Å²) in [7, 11) is -2.00. The molecule has 0 saturated carbocycles. The van der Waals surface area contributed by atoms with Gasteiger partial charge in [-0.1, -0.05) is 12.1 Å². The van der Waals surface area contributed by atoms with Gasteiger partial charge in [0.05, 0.1) is 4.90 Å². The van der Waals surface area contributed by atoms with Crippen molar-refractivity contribution in [3.05, 3.63) is 29.8 Å². The van der Waals surface area contributed by atoms with Crippen LogP contribution in [-0.4, -0.2) is 38.9 Å². The van der Waals surface area contributed by atoms with E-state index in [4.69, 9.17) is 5.73 Å². The fourth-order valence-corrected chi connectivity index (χ4v) is 3.22. The molecule has 7 heteroatoms. The summed E-state index contributed by atoms with van der Waals surface area (Å²) in [6.45, 7) is 0.928. The van der Waals surface area contributed by atoms with Crippen LogP contribution in [0, 0.1) is 0 Å². The third-order valence-electron chi connectivity index (χ3n) is 3.19. The smallest absolute Gasteiger partial charge is 0.241 e. The SMILES string of the molecule is CN1CCC(NS(=O)(=O)c2ccc(CN)cc2)C1=O. The fraction of sp³-hybridized carbons (Fsp3) is 0.417. The monoisotopic (exact) mass is 283 g/mol. The summed E-state index contributed by atoms with van der Waals surface area (Å²) in [6.07, 6.45) is 0.495. The molecule has 1 aromatic rings. The summed E-state index contributed by atoms with van der Waals surface area (Å²) in [5.41, 5.74) is 6.32. The zero-order valence-electron chi connectivity index (χ0n) is 10.7. The molecule has 1 atom stereocenters. The topological polar surface area (TPSA) is 92.5 Å². The molecule has 0 radical (unpaired) electrons. The molecule has 0 aromatic heterocycles. The van der Waals surface area contributed by atoms with Gasteiger partial charge in [0, 0.05) is 20.1 Å². The van der Waals surface area contributed by atoms with Crippen LogP contribution in [0.15, 0.2) is 29.2 Å². The normalized spacial score (nSPS) is 20.0. The first-order chi connectivity index (χ1) is 8.94. The van der Waals surface area contributed by atoms with Crippen LogP contribution in [0.4, 0.5) is 0 Å². The van der Waals surface area contributed by atoms with E-state index in [0.717, 1.165) is 5.56 Å². The predicted molar refractivity (Wildman–Crippen MR) is 70.7 cm³/mol. The number of likely N-dealkylation sites (tertiary alicyclic amines) is 1. The number of hydrogen-bond donors (Lipinski definition) is 2. The van der Waals surface area contributed by atoms with E-state index in [1.54, 1.807) is 19.2 Å². The molecule has 1 saturated heterocycles. The van der Waals surface area contributed by atoms with Crippen molar-refractivity contribution in [3.63, 3.8) is 0 Å². The van der Waals surface area contributed by atoms with E-state index in [-0.39, 0.29) is 10.8 Å². The first-order valence-electron chi connectivity index (χ1n) is 6.00. The summed E-state index contributed by atoms with van der Waals surface area (Å²) in [4.78, 5) is 13.4. The van der Waals surface area contributed by atoms with Crippen LogP contribution < -0.4 is 10.5 Å². The summed E-state index contributed by atoms with van der Waals surface area (Å²) in [6, 6.07) is 5.65. The molecule has 1 heterocycles. The van der Waals surface area contributed by atoms with Crippen molar-refractivity contribution in [2.75, 3.05) is 13.6 Å². The highest BCUT2D eigenvalue weighted by atomic mass is 32.2. The number of nitrogens with zero attached hydrogens (tertiary/aromatic N) is 1. The molecule has 6 nitrogen and oxygen atoms in total. The first-order valence-corrected chi connectivity index (χ1v) is 7.48. The van der Waals surface area contributed by atoms with Gasteiger partial charge >= 0.3 is 0 Å². The number of hydrogen-bond acceptors (Lipinski definition) is 4. The molecular formula is C12H17N3O3S. The zero-order chi connectivity index (χ0) is 14.0. The number of carbonyl (C=O) groups is 1. The van der Waals surface area contributed by atoms with Crippen molar-refractivity contribution in [3.8, 4) is 0 Å². The highest BCUT2D eigenvalue weighted by Gasteiger charge is 2.32. The van der Waals surface area contributed by atoms with E-state index in [2.05, 4.69) is 4.72 Å². The van der Waals surface area contributed by atoms with Gasteiger partial charge in [0.2, 0.25) is 15.9 Å². The van der Waals surface area contributed by atoms with Crippen LogP contribution in [0.2, 0.25) is 0 Å². The molecule has 1 unspecified atom stereocenters. The van der Waals surface area contributed by atoms with Crippen LogP contribution in [0.3, 0.4) is 0 Å². The van der Waals surface area contributed by atoms with Gasteiger partial charge in [-0.3, -0.25) is 4.79 Å². The zero-order valence-corrected chi connectivity index (χ0v) is 11.5. The second-order valence-electron chi connectivity index (χ2n) is 4.57. The number of amides is 1. The molecule has 3 N–H and O–H groups in total. The molecule has 19 heavy (non-hydrogen) atoms. The molecule has 0 bridgehead atoms. The number of likely N-dealkylation sites (N-methyl/N-ethyl adjacent to an activating group) is 1. The Bertz CT molecular complexity index is 568. The van der Waals surface area contributed by atoms with E-state index in [1.807, 2.05) is 0 Å². The van der Waals surface area contributed by atoms with Crippen molar-refractivity contribution >= 4 is 15.9 Å². The Labute approximate surface area is 112 Å². The minimum Gasteiger partial charge on any atom is -0.344 e. The molecule has 1 aromatic carbocycles. The Morgan fingerprint density at radius 2 is 2.00 bits per heavy atom. The Balaban J connectivity index is 2.16. The molecule has 1 aliphatic heterocycles. The Kier molecular flexibility index (Phi) is 3.88. The average molecular weight is 283 g/mol. The molecule has 104 valence electrons. The maximum Gasteiger partial charge on any atom is 0.241 e. The summed E-state index contributed by atoms with van der Waals surface area (Å²) in [5, 5.41) is 0. The maximum atomic E-state index is 12.1. The number of nitrogens with one attached hydrogen (secondary N) is 1. The lowest BCUT2D eigenvalue weighted by atomic mass is 10.2. The molecule has 1 amide bonds. The lowest BCUT2D eigenvalue weighted by molar-refractivity contribution is -0.127. The lowest BCUT2D eigenvalue weighted by Gasteiger charge is -2.13. The van der Waals surface area contributed by atoms with Crippen molar-refractivity contribution in [1.29, 1.82) is 0 Å². The largest absolute Gasteiger partial charge is 0.344 e. The Morgan fingerprint density at radius 3 is 2.47 bits per heavy atom. The Morgan fingerprint density at radius 1 is 1.37 bits per heavy atom. The van der Waals surface area contributed by atoms with E-state index < -0.39 is 16.1 Å². The molecular weight excluding hydrogens is 266 g/mol. The third-order valence-corrected chi connectivity index (χ3v) is 4.68. The third kappa shape index (κ3) is 2.94. The fourth-order valence-electron chi connectivity index (χ4n) is 1.99. The molecule has 1 fully saturated rings. The van der Waals surface area contributed by atoms with Gasteiger partial charge in [-0.05, 0) is 24.1 Å². The van der Waals surface area contributed by atoms with Gasteiger partial charge in [-0.2, -0.15) is 4.72 Å². The maximum absolute atomic E-state index is 12.1. The minimum atomic E-state index is -3.66. The molecule has 1 aliphatic rings. The van der Waals surface area contributed by atoms with Crippen molar-refractivity contribution in [2.24, 2.45) is 5.73 Å². The molecule has 0 aliphatic carbocycles. The number of carbonyl (C=O) groups excluding carboxylic acids is 1. The second-order valence-corrected chi connectivity index (χ2v) is 6.28. The van der Waals surface area contributed by atoms with Crippen molar-refractivity contribution in [1.82, 2.24) is 9.62 Å². The van der Waals surface area contributed by atoms with Gasteiger partial charge in [-0.25, -0.2) is 8.42 Å². The average Bonchev–Trinajstić information content (AvgIpc) is 2.70. The van der Waals surface area contributed by atoms with Crippen LogP contribution >= 0.6 is 0 Å². The molecule has 2 rings (SSSR count). The number of benzene rings is 1. The lowest BCUT2D eigenvalue weighted by Crippen LogP contribution is -2.40. The second kappa shape index (κ2) is 5.28. The van der Waals surface area contributed by atoms with Crippen LogP contribution in [0.1, 0.15) is 12.0 Å². The van der Waals surface area contributed by atoms with Crippen molar-refractivity contribution < 1.29 is 13.2 Å². The van der Waals surface area contributed by atoms with Crippen LogP contribution in [0.25, 0.3) is 0 Å². The van der Waals surface area contributed by atoms with E-state index in [9.17, 15) is 13.2 Å². The highest BCUT2D eigenvalue weighted by molar-refractivity contribution is 7.89. The number of sulfonamides is 1. The van der Waals surface area contributed by atoms with Crippen LogP contribution in [0.5, 0.6) is 0 Å². The van der Waals surface area contributed by atoms with E-state index in [1.165, 1.54) is 17.0 Å². The minimum absolute atomic E-state index is 0.145. The quantitative estimate of drug-likeness (QED) is 0.790.